The van der Waals surface area contributed by atoms with Crippen molar-refractivity contribution in [1.29, 1.82) is 0 Å². The molecule has 2 aromatic rings. The highest BCUT2D eigenvalue weighted by atomic mass is 79.9. The van der Waals surface area contributed by atoms with E-state index in [1.165, 1.54) is 7.11 Å². The second-order valence-corrected chi connectivity index (χ2v) is 5.21. The number of nitrogens with one attached hydrogen (secondary N) is 1. The number of para-hydroxylation sites is 1. The van der Waals surface area contributed by atoms with E-state index in [-0.39, 0.29) is 5.97 Å². The fourth-order valence-electron chi connectivity index (χ4n) is 1.93. The minimum atomic E-state index is -0.584. The van der Waals surface area contributed by atoms with Crippen LogP contribution in [0, 0.1) is 0 Å². The second kappa shape index (κ2) is 7.13. The van der Waals surface area contributed by atoms with Crippen LogP contribution in [0.2, 0.25) is 0 Å². The largest absolute Gasteiger partial charge is 0.497 e. The number of ether oxygens (including phenoxy) is 2. The molecule has 0 radical (unpaired) electrons. The predicted octanol–water partition coefficient (Wildman–Crippen LogP) is 3.78. The quantitative estimate of drug-likeness (QED) is 0.834. The molecule has 2 rings (SSSR count). The molecule has 110 valence electrons. The molecule has 0 fully saturated rings. The van der Waals surface area contributed by atoms with Gasteiger partial charge in [-0.1, -0.05) is 24.3 Å². The van der Waals surface area contributed by atoms with E-state index in [0.29, 0.717) is 0 Å². The molecule has 4 nitrogen and oxygen atoms in total. The van der Waals surface area contributed by atoms with E-state index >= 15 is 0 Å². The highest BCUT2D eigenvalue weighted by Crippen LogP contribution is 2.28. The Morgan fingerprint density at radius 1 is 1.10 bits per heavy atom. The van der Waals surface area contributed by atoms with Gasteiger partial charge < -0.3 is 14.8 Å². The van der Waals surface area contributed by atoms with Crippen molar-refractivity contribution in [3.8, 4) is 5.75 Å². The van der Waals surface area contributed by atoms with Crippen LogP contribution >= 0.6 is 15.9 Å². The van der Waals surface area contributed by atoms with Gasteiger partial charge in [0.15, 0.2) is 6.04 Å². The molecule has 1 N–H and O–H groups in total. The average Bonchev–Trinajstić information content (AvgIpc) is 2.53. The Bertz CT molecular complexity index is 613. The number of hydrogen-bond acceptors (Lipinski definition) is 4. The van der Waals surface area contributed by atoms with Crippen molar-refractivity contribution in [2.45, 2.75) is 6.04 Å². The molecule has 0 aliphatic heterocycles. The molecule has 0 spiro atoms. The van der Waals surface area contributed by atoms with Gasteiger partial charge in [-0.05, 0) is 45.8 Å². The van der Waals surface area contributed by atoms with Crippen molar-refractivity contribution >= 4 is 27.6 Å². The molecule has 1 unspecified atom stereocenters. The highest BCUT2D eigenvalue weighted by Gasteiger charge is 2.22. The summed E-state index contributed by atoms with van der Waals surface area (Å²) in [4.78, 5) is 12.1. The van der Waals surface area contributed by atoms with Gasteiger partial charge in [-0.2, -0.15) is 0 Å². The van der Waals surface area contributed by atoms with E-state index in [1.54, 1.807) is 7.11 Å². The van der Waals surface area contributed by atoms with E-state index < -0.39 is 6.04 Å². The lowest BCUT2D eigenvalue weighted by Gasteiger charge is -2.19. The number of anilines is 1. The van der Waals surface area contributed by atoms with Gasteiger partial charge in [-0.25, -0.2) is 4.79 Å². The maximum Gasteiger partial charge on any atom is 0.332 e. The SMILES string of the molecule is COC(=O)C(Nc1ccccc1Br)c1ccc(OC)cc1. The summed E-state index contributed by atoms with van der Waals surface area (Å²) in [6.07, 6.45) is 0. The molecule has 0 amide bonds. The molecule has 0 bridgehead atoms. The molecule has 0 saturated carbocycles. The number of benzene rings is 2. The van der Waals surface area contributed by atoms with Crippen molar-refractivity contribution < 1.29 is 14.3 Å². The van der Waals surface area contributed by atoms with Crippen molar-refractivity contribution in [1.82, 2.24) is 0 Å². The number of carbonyl (C=O) groups excluding carboxylic acids is 1. The summed E-state index contributed by atoms with van der Waals surface area (Å²) in [5, 5.41) is 3.19. The number of esters is 1. The van der Waals surface area contributed by atoms with Gasteiger partial charge in [-0.15, -0.1) is 0 Å². The summed E-state index contributed by atoms with van der Waals surface area (Å²) in [5.41, 5.74) is 1.63. The zero-order valence-electron chi connectivity index (χ0n) is 11.8. The number of carbonyl (C=O) groups is 1. The van der Waals surface area contributed by atoms with E-state index in [1.807, 2.05) is 48.5 Å². The number of hydrogen-bond donors (Lipinski definition) is 1. The van der Waals surface area contributed by atoms with Crippen LogP contribution in [0.1, 0.15) is 11.6 Å². The van der Waals surface area contributed by atoms with Crippen LogP contribution in [0.15, 0.2) is 53.0 Å². The number of methoxy groups -OCH3 is 2. The van der Waals surface area contributed by atoms with Crippen molar-refractivity contribution in [3.05, 3.63) is 58.6 Å². The van der Waals surface area contributed by atoms with Gasteiger partial charge in [0.1, 0.15) is 5.75 Å². The van der Waals surface area contributed by atoms with Crippen LogP contribution in [0.25, 0.3) is 0 Å². The second-order valence-electron chi connectivity index (χ2n) is 4.35. The van der Waals surface area contributed by atoms with Crippen LogP contribution in [0.4, 0.5) is 5.69 Å². The first-order valence-electron chi connectivity index (χ1n) is 6.38. The summed E-state index contributed by atoms with van der Waals surface area (Å²) < 4.78 is 10.9. The molecule has 0 saturated heterocycles. The first-order chi connectivity index (χ1) is 10.2. The molecular weight excluding hydrogens is 334 g/mol. The summed E-state index contributed by atoms with van der Waals surface area (Å²) in [5.74, 6) is 0.388. The Morgan fingerprint density at radius 2 is 1.76 bits per heavy atom. The fourth-order valence-corrected chi connectivity index (χ4v) is 2.33. The molecule has 0 heterocycles. The zero-order valence-corrected chi connectivity index (χ0v) is 13.4. The van der Waals surface area contributed by atoms with Gasteiger partial charge in [0.05, 0.1) is 14.2 Å². The molecular formula is C16H16BrNO3. The van der Waals surface area contributed by atoms with Crippen LogP contribution < -0.4 is 10.1 Å². The van der Waals surface area contributed by atoms with Crippen molar-refractivity contribution in [3.63, 3.8) is 0 Å². The van der Waals surface area contributed by atoms with Gasteiger partial charge in [0, 0.05) is 10.2 Å². The third-order valence-electron chi connectivity index (χ3n) is 3.06. The summed E-state index contributed by atoms with van der Waals surface area (Å²) >= 11 is 3.46. The topological polar surface area (TPSA) is 47.6 Å². The molecule has 2 aromatic carbocycles. The van der Waals surface area contributed by atoms with E-state index in [9.17, 15) is 4.79 Å². The maximum atomic E-state index is 12.1. The van der Waals surface area contributed by atoms with Crippen LogP contribution in [-0.2, 0) is 9.53 Å². The van der Waals surface area contributed by atoms with Gasteiger partial charge in [-0.3, -0.25) is 0 Å². The normalized spacial score (nSPS) is 11.6. The number of rotatable bonds is 5. The van der Waals surface area contributed by atoms with Crippen LogP contribution in [-0.4, -0.2) is 20.2 Å². The Labute approximate surface area is 132 Å². The van der Waals surface area contributed by atoms with Gasteiger partial charge in [0.25, 0.3) is 0 Å². The minimum Gasteiger partial charge on any atom is -0.497 e. The Hall–Kier alpha value is -2.01. The smallest absolute Gasteiger partial charge is 0.332 e. The molecule has 0 aliphatic carbocycles. The molecule has 1 atom stereocenters. The molecule has 5 heteroatoms. The molecule has 21 heavy (non-hydrogen) atoms. The third kappa shape index (κ3) is 3.76. The van der Waals surface area contributed by atoms with E-state index in [4.69, 9.17) is 9.47 Å². The minimum absolute atomic E-state index is 0.351. The Balaban J connectivity index is 2.30. The van der Waals surface area contributed by atoms with Crippen LogP contribution in [0.5, 0.6) is 5.75 Å². The van der Waals surface area contributed by atoms with Crippen molar-refractivity contribution in [2.75, 3.05) is 19.5 Å². The highest BCUT2D eigenvalue weighted by molar-refractivity contribution is 9.10. The summed E-state index contributed by atoms with van der Waals surface area (Å²) in [6, 6.07) is 14.3. The Morgan fingerprint density at radius 3 is 2.33 bits per heavy atom. The van der Waals surface area contributed by atoms with Crippen LogP contribution in [0.3, 0.4) is 0 Å². The van der Waals surface area contributed by atoms with E-state index in [2.05, 4.69) is 21.2 Å². The molecule has 0 aromatic heterocycles. The summed E-state index contributed by atoms with van der Waals surface area (Å²) in [6.45, 7) is 0. The fraction of sp³-hybridized carbons (Fsp3) is 0.188. The third-order valence-corrected chi connectivity index (χ3v) is 3.75. The van der Waals surface area contributed by atoms with E-state index in [0.717, 1.165) is 21.5 Å². The lowest BCUT2D eigenvalue weighted by Crippen LogP contribution is -2.22. The monoisotopic (exact) mass is 349 g/mol. The summed E-state index contributed by atoms with van der Waals surface area (Å²) in [7, 11) is 2.98. The zero-order chi connectivity index (χ0) is 15.2. The average molecular weight is 350 g/mol. The van der Waals surface area contributed by atoms with Gasteiger partial charge >= 0.3 is 5.97 Å². The lowest BCUT2D eigenvalue weighted by atomic mass is 10.1. The standard InChI is InChI=1S/C16H16BrNO3/c1-20-12-9-7-11(8-10-12)15(16(19)21-2)18-14-6-4-3-5-13(14)17/h3-10,15,18H,1-2H3. The predicted molar refractivity (Wildman–Crippen MR) is 85.5 cm³/mol. The van der Waals surface area contributed by atoms with Crippen molar-refractivity contribution in [2.24, 2.45) is 0 Å². The van der Waals surface area contributed by atoms with Gasteiger partial charge in [0.2, 0.25) is 0 Å². The lowest BCUT2D eigenvalue weighted by molar-refractivity contribution is -0.141. The Kier molecular flexibility index (Phi) is 5.22. The maximum absolute atomic E-state index is 12.1. The first kappa shape index (κ1) is 15.4. The molecule has 0 aliphatic rings. The number of halogens is 1. The first-order valence-corrected chi connectivity index (χ1v) is 7.18.